The monoisotopic (exact) mass is 497 g/mol. The maximum atomic E-state index is 14.2. The van der Waals surface area contributed by atoms with Crippen molar-refractivity contribution in [3.63, 3.8) is 0 Å². The fourth-order valence-corrected chi connectivity index (χ4v) is 6.25. The Morgan fingerprint density at radius 1 is 1.28 bits per heavy atom. The first-order chi connectivity index (χ1) is 17.4. The average Bonchev–Trinajstić information content (AvgIpc) is 3.61. The van der Waals surface area contributed by atoms with Crippen LogP contribution in [0.15, 0.2) is 36.9 Å². The Balaban J connectivity index is 1.48. The number of carbonyl (C=O) groups is 3. The predicted octanol–water partition coefficient (Wildman–Crippen LogP) is 1.03. The van der Waals surface area contributed by atoms with E-state index in [0.717, 1.165) is 5.52 Å². The van der Waals surface area contributed by atoms with Gasteiger partial charge in [-0.3, -0.25) is 14.4 Å². The number of amides is 2. The van der Waals surface area contributed by atoms with Crippen molar-refractivity contribution in [2.45, 2.75) is 56.5 Å². The van der Waals surface area contributed by atoms with E-state index < -0.39 is 35.6 Å². The fourth-order valence-electron chi connectivity index (χ4n) is 6.25. The number of carboxylic acids is 1. The summed E-state index contributed by atoms with van der Waals surface area (Å²) < 4.78 is 7.89. The van der Waals surface area contributed by atoms with Crippen LogP contribution >= 0.6 is 0 Å². The van der Waals surface area contributed by atoms with Crippen molar-refractivity contribution in [1.29, 1.82) is 0 Å². The Hall–Kier alpha value is -3.31. The van der Waals surface area contributed by atoms with Crippen LogP contribution in [0.4, 0.5) is 0 Å². The van der Waals surface area contributed by atoms with Crippen LogP contribution in [0.5, 0.6) is 0 Å². The standard InChI is InChI=1S/C25H31N5O6/c1-2-12-28(15-30-17-9-5-4-8-16(17)26-27-30)23(33)21-25-11-10-18(36-25)19(24(34)35)20(25)22(32)29(21)13-6-3-7-14-31/h2,4-5,8-9,18-21,31H,1,3,6-7,10-15H2,(H,34,35)/t18-,19+,20+,21-,25+/m1/s1. The molecule has 0 aliphatic carbocycles. The summed E-state index contributed by atoms with van der Waals surface area (Å²) in [4.78, 5) is 43.1. The highest BCUT2D eigenvalue weighted by molar-refractivity contribution is 5.98. The molecular weight excluding hydrogens is 466 g/mol. The highest BCUT2D eigenvalue weighted by atomic mass is 16.5. The molecule has 1 spiro atoms. The van der Waals surface area contributed by atoms with Gasteiger partial charge < -0.3 is 24.7 Å². The number of nitrogens with zero attached hydrogens (tertiary/aromatic N) is 5. The van der Waals surface area contributed by atoms with E-state index in [4.69, 9.17) is 9.84 Å². The first-order valence-corrected chi connectivity index (χ1v) is 12.4. The molecule has 1 aromatic heterocycles. The number of rotatable bonds is 11. The number of aliphatic hydroxyl groups excluding tert-OH is 1. The number of likely N-dealkylation sites (tertiary alicyclic amines) is 1. The maximum Gasteiger partial charge on any atom is 0.310 e. The Kier molecular flexibility index (Phi) is 6.52. The minimum absolute atomic E-state index is 0.0493. The zero-order valence-corrected chi connectivity index (χ0v) is 20.0. The van der Waals surface area contributed by atoms with Crippen molar-refractivity contribution >= 4 is 28.8 Å². The number of carbonyl (C=O) groups excluding carboxylic acids is 2. The summed E-state index contributed by atoms with van der Waals surface area (Å²) in [6.07, 6.45) is 3.86. The number of hydrogen-bond donors (Lipinski definition) is 2. The Morgan fingerprint density at radius 3 is 2.83 bits per heavy atom. The van der Waals surface area contributed by atoms with E-state index in [1.54, 1.807) is 15.7 Å². The summed E-state index contributed by atoms with van der Waals surface area (Å²) in [6.45, 7) is 4.45. The molecule has 2 bridgehead atoms. The second-order valence-electron chi connectivity index (χ2n) is 9.78. The first kappa shape index (κ1) is 24.4. The van der Waals surface area contributed by atoms with E-state index in [1.807, 2.05) is 24.3 Å². The lowest BCUT2D eigenvalue weighted by molar-refractivity contribution is -0.151. The number of aromatic nitrogens is 3. The minimum Gasteiger partial charge on any atom is -0.481 e. The van der Waals surface area contributed by atoms with E-state index >= 15 is 0 Å². The number of aliphatic hydroxyl groups is 1. The third kappa shape index (κ3) is 3.77. The summed E-state index contributed by atoms with van der Waals surface area (Å²) in [6, 6.07) is 6.49. The highest BCUT2D eigenvalue weighted by Crippen LogP contribution is 2.58. The molecule has 5 rings (SSSR count). The molecule has 0 radical (unpaired) electrons. The average molecular weight is 498 g/mol. The van der Waals surface area contributed by atoms with E-state index in [2.05, 4.69) is 16.9 Å². The van der Waals surface area contributed by atoms with Crippen molar-refractivity contribution in [2.75, 3.05) is 19.7 Å². The number of benzene rings is 1. The molecule has 3 aliphatic rings. The number of aliphatic carboxylic acids is 1. The van der Waals surface area contributed by atoms with Gasteiger partial charge in [-0.1, -0.05) is 23.4 Å². The molecule has 192 valence electrons. The zero-order valence-electron chi connectivity index (χ0n) is 20.0. The van der Waals surface area contributed by atoms with Gasteiger partial charge in [-0.25, -0.2) is 4.68 Å². The highest BCUT2D eigenvalue weighted by Gasteiger charge is 2.74. The van der Waals surface area contributed by atoms with Crippen molar-refractivity contribution in [2.24, 2.45) is 11.8 Å². The molecule has 0 unspecified atom stereocenters. The topological polar surface area (TPSA) is 138 Å². The number of hydrogen-bond acceptors (Lipinski definition) is 7. The van der Waals surface area contributed by atoms with E-state index in [1.165, 1.54) is 4.90 Å². The molecule has 2 aromatic rings. The van der Waals surface area contributed by atoms with Gasteiger partial charge in [0.2, 0.25) is 11.8 Å². The molecule has 3 saturated heterocycles. The van der Waals surface area contributed by atoms with Gasteiger partial charge in [0.25, 0.3) is 0 Å². The predicted molar refractivity (Wildman–Crippen MR) is 127 cm³/mol. The van der Waals surface area contributed by atoms with E-state index in [0.29, 0.717) is 44.2 Å². The lowest BCUT2D eigenvalue weighted by Gasteiger charge is -2.36. The SMILES string of the molecule is C=CCN(Cn1nnc2ccccc21)C(=O)[C@H]1N(CCCCCO)C(=O)[C@@H]2[C@@H](C(=O)O)[C@H]3CC[C@]21O3. The fraction of sp³-hybridized carbons (Fsp3) is 0.560. The van der Waals surface area contributed by atoms with Crippen molar-refractivity contribution in [1.82, 2.24) is 24.8 Å². The summed E-state index contributed by atoms with van der Waals surface area (Å²) in [7, 11) is 0. The van der Waals surface area contributed by atoms with Crippen LogP contribution in [0.1, 0.15) is 32.1 Å². The van der Waals surface area contributed by atoms with Gasteiger partial charge in [0.1, 0.15) is 23.8 Å². The Labute approximate surface area is 208 Å². The smallest absolute Gasteiger partial charge is 0.310 e. The van der Waals surface area contributed by atoms with Gasteiger partial charge in [-0.15, -0.1) is 11.7 Å². The van der Waals surface area contributed by atoms with Crippen LogP contribution in [0, 0.1) is 11.8 Å². The lowest BCUT2D eigenvalue weighted by atomic mass is 9.70. The zero-order chi connectivity index (χ0) is 25.4. The number of unbranched alkanes of at least 4 members (excludes halogenated alkanes) is 2. The summed E-state index contributed by atoms with van der Waals surface area (Å²) in [5.41, 5.74) is 0.302. The number of carboxylic acid groups (broad SMARTS) is 1. The van der Waals surface area contributed by atoms with Gasteiger partial charge in [0.05, 0.1) is 23.5 Å². The molecule has 3 fully saturated rings. The second kappa shape index (κ2) is 9.62. The van der Waals surface area contributed by atoms with Gasteiger partial charge in [-0.2, -0.15) is 0 Å². The molecule has 0 saturated carbocycles. The molecule has 4 heterocycles. The third-order valence-electron chi connectivity index (χ3n) is 7.76. The van der Waals surface area contributed by atoms with Crippen LogP contribution in [-0.2, 0) is 25.8 Å². The largest absolute Gasteiger partial charge is 0.481 e. The van der Waals surface area contributed by atoms with Gasteiger partial charge in [-0.05, 0) is 44.2 Å². The van der Waals surface area contributed by atoms with Crippen LogP contribution in [0.25, 0.3) is 11.0 Å². The number of para-hydroxylation sites is 1. The molecule has 11 heteroatoms. The molecule has 11 nitrogen and oxygen atoms in total. The van der Waals surface area contributed by atoms with Gasteiger partial charge in [0.15, 0.2) is 0 Å². The molecule has 36 heavy (non-hydrogen) atoms. The summed E-state index contributed by atoms with van der Waals surface area (Å²) in [5.74, 6) is -3.57. The van der Waals surface area contributed by atoms with Crippen LogP contribution < -0.4 is 0 Å². The third-order valence-corrected chi connectivity index (χ3v) is 7.76. The van der Waals surface area contributed by atoms with Crippen molar-refractivity contribution < 1.29 is 29.3 Å². The van der Waals surface area contributed by atoms with Crippen LogP contribution in [0.2, 0.25) is 0 Å². The quantitative estimate of drug-likeness (QED) is 0.347. The Morgan fingerprint density at radius 2 is 2.08 bits per heavy atom. The number of fused-ring (bicyclic) bond motifs is 2. The molecule has 3 aliphatic heterocycles. The van der Waals surface area contributed by atoms with Crippen LogP contribution in [0.3, 0.4) is 0 Å². The summed E-state index contributed by atoms with van der Waals surface area (Å²) >= 11 is 0. The van der Waals surface area contributed by atoms with E-state index in [9.17, 15) is 19.5 Å². The minimum atomic E-state index is -1.16. The number of ether oxygens (including phenoxy) is 1. The van der Waals surface area contributed by atoms with Crippen LogP contribution in [-0.4, -0.2) is 90.2 Å². The van der Waals surface area contributed by atoms with E-state index in [-0.39, 0.29) is 31.6 Å². The molecule has 2 N–H and O–H groups in total. The maximum absolute atomic E-state index is 14.2. The van der Waals surface area contributed by atoms with Crippen molar-refractivity contribution in [3.05, 3.63) is 36.9 Å². The molecule has 5 atom stereocenters. The van der Waals surface area contributed by atoms with Gasteiger partial charge in [0, 0.05) is 19.7 Å². The Bertz CT molecular complexity index is 1180. The van der Waals surface area contributed by atoms with Gasteiger partial charge >= 0.3 is 5.97 Å². The van der Waals surface area contributed by atoms with Crippen molar-refractivity contribution in [3.8, 4) is 0 Å². The normalized spacial score (nSPS) is 28.6. The molecule has 1 aromatic carbocycles. The summed E-state index contributed by atoms with van der Waals surface area (Å²) in [5, 5.41) is 27.4. The first-order valence-electron chi connectivity index (χ1n) is 12.4. The molecule has 2 amide bonds. The second-order valence-corrected chi connectivity index (χ2v) is 9.78. The molecular formula is C25H31N5O6. The lowest BCUT2D eigenvalue weighted by Crippen LogP contribution is -2.56.